The van der Waals surface area contributed by atoms with Crippen molar-refractivity contribution < 1.29 is 16.8 Å². The quantitative estimate of drug-likeness (QED) is 0.700. The fourth-order valence-electron chi connectivity index (χ4n) is 3.15. The fourth-order valence-corrected chi connectivity index (χ4v) is 5.75. The second kappa shape index (κ2) is 8.79. The van der Waals surface area contributed by atoms with E-state index >= 15 is 0 Å². The maximum Gasteiger partial charge on any atom is 0.243 e. The van der Waals surface area contributed by atoms with Gasteiger partial charge in [0.1, 0.15) is 0 Å². The molecule has 2 aromatic carbocycles. The molecule has 6 nitrogen and oxygen atoms in total. The molecular weight excluding hydrogens is 408 g/mol. The van der Waals surface area contributed by atoms with Crippen LogP contribution in [0.5, 0.6) is 0 Å². The van der Waals surface area contributed by atoms with Gasteiger partial charge in [-0.3, -0.25) is 0 Å². The molecular formula is C21H26N2O4S2. The molecule has 0 bridgehead atoms. The molecule has 1 aliphatic heterocycles. The Hall–Kier alpha value is -2.00. The predicted octanol–water partition coefficient (Wildman–Crippen LogP) is 3.12. The summed E-state index contributed by atoms with van der Waals surface area (Å²) in [5.41, 5.74) is 1.87. The number of piperazine rings is 1. The highest BCUT2D eigenvalue weighted by molar-refractivity contribution is 7.92. The number of rotatable bonds is 6. The lowest BCUT2D eigenvalue weighted by Crippen LogP contribution is -2.49. The predicted molar refractivity (Wildman–Crippen MR) is 115 cm³/mol. The molecule has 0 aliphatic carbocycles. The molecule has 1 heterocycles. The first-order valence-electron chi connectivity index (χ1n) is 9.53. The van der Waals surface area contributed by atoms with E-state index in [-0.39, 0.29) is 31.1 Å². The van der Waals surface area contributed by atoms with Crippen LogP contribution in [0.1, 0.15) is 30.9 Å². The van der Waals surface area contributed by atoms with Crippen molar-refractivity contribution in [2.75, 3.05) is 26.2 Å². The summed E-state index contributed by atoms with van der Waals surface area (Å²) < 4.78 is 53.5. The summed E-state index contributed by atoms with van der Waals surface area (Å²) in [6.07, 6.45) is 1.55. The molecule has 2 aromatic rings. The van der Waals surface area contributed by atoms with Crippen molar-refractivity contribution in [3.63, 3.8) is 0 Å². The van der Waals surface area contributed by atoms with Gasteiger partial charge in [0.15, 0.2) is 0 Å². The molecule has 1 aliphatic rings. The average Bonchev–Trinajstić information content (AvgIpc) is 2.73. The van der Waals surface area contributed by atoms with Gasteiger partial charge in [-0.25, -0.2) is 16.8 Å². The number of sulfonamides is 2. The minimum atomic E-state index is -3.63. The van der Waals surface area contributed by atoms with Crippen molar-refractivity contribution >= 4 is 26.1 Å². The van der Waals surface area contributed by atoms with Gasteiger partial charge in [0.25, 0.3) is 0 Å². The van der Waals surface area contributed by atoms with Gasteiger partial charge in [-0.05, 0) is 35.3 Å². The van der Waals surface area contributed by atoms with Crippen molar-refractivity contribution in [2.24, 2.45) is 0 Å². The molecule has 3 rings (SSSR count). The monoisotopic (exact) mass is 434 g/mol. The van der Waals surface area contributed by atoms with Crippen molar-refractivity contribution in [3.8, 4) is 0 Å². The first kappa shape index (κ1) is 21.7. The summed E-state index contributed by atoms with van der Waals surface area (Å²) in [5.74, 6) is 0.324. The second-order valence-electron chi connectivity index (χ2n) is 7.29. The van der Waals surface area contributed by atoms with Gasteiger partial charge in [-0.15, -0.1) is 0 Å². The van der Waals surface area contributed by atoms with Crippen molar-refractivity contribution in [1.82, 2.24) is 8.61 Å². The summed E-state index contributed by atoms with van der Waals surface area (Å²) in [4.78, 5) is 0.238. The van der Waals surface area contributed by atoms with Crippen LogP contribution in [0.15, 0.2) is 64.9 Å². The zero-order chi connectivity index (χ0) is 21.1. The van der Waals surface area contributed by atoms with Crippen LogP contribution in [0.2, 0.25) is 0 Å². The third kappa shape index (κ3) is 5.14. The van der Waals surface area contributed by atoms with E-state index in [2.05, 4.69) is 13.8 Å². The zero-order valence-electron chi connectivity index (χ0n) is 16.6. The van der Waals surface area contributed by atoms with Gasteiger partial charge >= 0.3 is 0 Å². The maximum absolute atomic E-state index is 12.9. The van der Waals surface area contributed by atoms with Crippen LogP contribution in [0, 0.1) is 0 Å². The van der Waals surface area contributed by atoms with E-state index in [4.69, 9.17) is 0 Å². The fraction of sp³-hybridized carbons (Fsp3) is 0.333. The van der Waals surface area contributed by atoms with Crippen LogP contribution in [0.4, 0.5) is 0 Å². The first-order valence-corrected chi connectivity index (χ1v) is 12.5. The summed E-state index contributed by atoms with van der Waals surface area (Å²) in [6, 6.07) is 16.1. The normalized spacial score (nSPS) is 17.2. The number of nitrogens with zero attached hydrogens (tertiary/aromatic N) is 2. The topological polar surface area (TPSA) is 74.8 Å². The van der Waals surface area contributed by atoms with Gasteiger partial charge in [-0.1, -0.05) is 56.3 Å². The number of hydrogen-bond donors (Lipinski definition) is 0. The minimum Gasteiger partial charge on any atom is -0.208 e. The Bertz CT molecular complexity index is 1050. The van der Waals surface area contributed by atoms with Crippen LogP contribution >= 0.6 is 0 Å². The molecule has 29 heavy (non-hydrogen) atoms. The highest BCUT2D eigenvalue weighted by Crippen LogP contribution is 2.22. The van der Waals surface area contributed by atoms with Crippen molar-refractivity contribution in [3.05, 3.63) is 71.1 Å². The van der Waals surface area contributed by atoms with E-state index in [9.17, 15) is 16.8 Å². The Morgan fingerprint density at radius 2 is 1.34 bits per heavy atom. The van der Waals surface area contributed by atoms with Gasteiger partial charge in [0.05, 0.1) is 4.90 Å². The molecule has 0 spiro atoms. The van der Waals surface area contributed by atoms with Gasteiger partial charge in [0.2, 0.25) is 20.0 Å². The Morgan fingerprint density at radius 1 is 0.793 bits per heavy atom. The van der Waals surface area contributed by atoms with Crippen molar-refractivity contribution in [2.45, 2.75) is 24.7 Å². The maximum atomic E-state index is 12.9. The molecule has 8 heteroatoms. The molecule has 0 N–H and O–H groups in total. The van der Waals surface area contributed by atoms with Gasteiger partial charge in [0, 0.05) is 31.6 Å². The van der Waals surface area contributed by atoms with E-state index in [0.29, 0.717) is 5.92 Å². The van der Waals surface area contributed by atoms with Gasteiger partial charge < -0.3 is 0 Å². The third-order valence-electron chi connectivity index (χ3n) is 4.97. The van der Waals surface area contributed by atoms with Crippen LogP contribution in [-0.4, -0.2) is 51.6 Å². The molecule has 0 atom stereocenters. The smallest absolute Gasteiger partial charge is 0.208 e. The van der Waals surface area contributed by atoms with E-state index in [1.165, 1.54) is 14.0 Å². The molecule has 0 saturated carbocycles. The summed E-state index contributed by atoms with van der Waals surface area (Å²) >= 11 is 0. The van der Waals surface area contributed by atoms with Crippen LogP contribution < -0.4 is 0 Å². The largest absolute Gasteiger partial charge is 0.243 e. The van der Waals surface area contributed by atoms with E-state index in [0.717, 1.165) is 11.1 Å². The van der Waals surface area contributed by atoms with E-state index in [1.54, 1.807) is 18.2 Å². The Labute approximate surface area is 173 Å². The SMILES string of the molecule is CC(C)c1ccc(S(=O)(=O)N2CCN(S(=O)(=O)/C=C/c3ccccc3)CC2)cc1. The zero-order valence-corrected chi connectivity index (χ0v) is 18.2. The van der Waals surface area contributed by atoms with E-state index in [1.807, 2.05) is 42.5 Å². The van der Waals surface area contributed by atoms with Crippen LogP contribution in [-0.2, 0) is 20.0 Å². The third-order valence-corrected chi connectivity index (χ3v) is 8.45. The first-order chi connectivity index (χ1) is 13.7. The van der Waals surface area contributed by atoms with Crippen LogP contribution in [0.25, 0.3) is 6.08 Å². The second-order valence-corrected chi connectivity index (χ2v) is 11.0. The highest BCUT2D eigenvalue weighted by Gasteiger charge is 2.32. The molecule has 0 amide bonds. The Morgan fingerprint density at radius 3 is 1.90 bits per heavy atom. The lowest BCUT2D eigenvalue weighted by Gasteiger charge is -2.32. The van der Waals surface area contributed by atoms with E-state index < -0.39 is 20.0 Å². The molecule has 0 radical (unpaired) electrons. The molecule has 0 aromatic heterocycles. The standard InChI is InChI=1S/C21H26N2O4S2/c1-18(2)20-8-10-21(11-9-20)29(26,27)23-15-13-22(14-16-23)28(24,25)17-12-19-6-4-3-5-7-19/h3-12,17-18H,13-16H2,1-2H3/b17-12+. The van der Waals surface area contributed by atoms with Crippen molar-refractivity contribution in [1.29, 1.82) is 0 Å². The number of hydrogen-bond acceptors (Lipinski definition) is 4. The summed E-state index contributed by atoms with van der Waals surface area (Å²) in [5, 5.41) is 1.18. The highest BCUT2D eigenvalue weighted by atomic mass is 32.2. The lowest BCUT2D eigenvalue weighted by atomic mass is 10.0. The molecule has 1 saturated heterocycles. The number of benzene rings is 2. The molecule has 1 fully saturated rings. The summed E-state index contributed by atoms with van der Waals surface area (Å²) in [7, 11) is -7.23. The van der Waals surface area contributed by atoms with Crippen LogP contribution in [0.3, 0.4) is 0 Å². The Balaban J connectivity index is 1.67. The lowest BCUT2D eigenvalue weighted by molar-refractivity contribution is 0.275. The summed E-state index contributed by atoms with van der Waals surface area (Å²) in [6.45, 7) is 4.62. The molecule has 0 unspecified atom stereocenters. The Kier molecular flexibility index (Phi) is 6.58. The van der Waals surface area contributed by atoms with Gasteiger partial charge in [-0.2, -0.15) is 8.61 Å². The average molecular weight is 435 g/mol. The molecule has 156 valence electrons. The minimum absolute atomic E-state index is 0.130.